The summed E-state index contributed by atoms with van der Waals surface area (Å²) in [5.41, 5.74) is 6.34. The summed E-state index contributed by atoms with van der Waals surface area (Å²) in [6.07, 6.45) is 0.298. The number of rotatable bonds is 3. The lowest BCUT2D eigenvalue weighted by Gasteiger charge is -2.11. The number of halogens is 3. The van der Waals surface area contributed by atoms with Crippen LogP contribution in [0.25, 0.3) is 0 Å². The van der Waals surface area contributed by atoms with Gasteiger partial charge in [-0.05, 0) is 29.5 Å². The van der Waals surface area contributed by atoms with Gasteiger partial charge in [0.2, 0.25) is 0 Å². The van der Waals surface area contributed by atoms with Crippen molar-refractivity contribution >= 4 is 22.9 Å². The molecule has 0 amide bonds. The van der Waals surface area contributed by atoms with Crippen LogP contribution in [0.5, 0.6) is 0 Å². The second kappa shape index (κ2) is 5.12. The fourth-order valence-electron chi connectivity index (χ4n) is 1.59. The number of benzene rings is 1. The highest BCUT2D eigenvalue weighted by Gasteiger charge is 2.14. The molecule has 90 valence electrons. The largest absolute Gasteiger partial charge is 0.323 e. The lowest BCUT2D eigenvalue weighted by Crippen LogP contribution is -2.13. The fraction of sp³-hybridized carbons (Fsp3) is 0.167. The molecule has 2 N–H and O–H groups in total. The summed E-state index contributed by atoms with van der Waals surface area (Å²) in [6.45, 7) is 0. The van der Waals surface area contributed by atoms with E-state index in [-0.39, 0.29) is 6.04 Å². The third kappa shape index (κ3) is 2.83. The summed E-state index contributed by atoms with van der Waals surface area (Å²) in [7, 11) is 0. The quantitative estimate of drug-likeness (QED) is 0.901. The molecule has 1 atom stereocenters. The Morgan fingerprint density at radius 1 is 1.29 bits per heavy atom. The highest BCUT2D eigenvalue weighted by atomic mass is 35.5. The zero-order valence-electron chi connectivity index (χ0n) is 8.79. The van der Waals surface area contributed by atoms with Gasteiger partial charge in [-0.2, -0.15) is 0 Å². The van der Waals surface area contributed by atoms with Gasteiger partial charge in [-0.3, -0.25) is 0 Å². The Bertz CT molecular complexity index is 527. The summed E-state index contributed by atoms with van der Waals surface area (Å²) in [4.78, 5) is 0.815. The highest BCUT2D eigenvalue weighted by Crippen LogP contribution is 2.29. The molecule has 1 aromatic carbocycles. The summed E-state index contributed by atoms with van der Waals surface area (Å²) in [5, 5.41) is 2.42. The minimum atomic E-state index is -0.589. The Hall–Kier alpha value is -0.970. The van der Waals surface area contributed by atoms with Crippen molar-refractivity contribution in [3.8, 4) is 0 Å². The number of thiophene rings is 1. The Labute approximate surface area is 107 Å². The number of hydrogen-bond donors (Lipinski definition) is 1. The summed E-state index contributed by atoms with van der Waals surface area (Å²) >= 11 is 7.38. The number of nitrogens with two attached hydrogens (primary N) is 1. The van der Waals surface area contributed by atoms with E-state index in [4.69, 9.17) is 17.3 Å². The van der Waals surface area contributed by atoms with E-state index in [1.807, 2.05) is 5.38 Å². The van der Waals surface area contributed by atoms with Crippen LogP contribution >= 0.6 is 22.9 Å². The van der Waals surface area contributed by atoms with E-state index in [1.54, 1.807) is 6.07 Å². The molecule has 0 saturated carbocycles. The van der Waals surface area contributed by atoms with Gasteiger partial charge in [0.1, 0.15) is 11.6 Å². The van der Waals surface area contributed by atoms with E-state index in [1.165, 1.54) is 23.5 Å². The average Bonchev–Trinajstić information content (AvgIpc) is 2.68. The molecule has 0 aliphatic heterocycles. The lowest BCUT2D eigenvalue weighted by atomic mass is 10.0. The van der Waals surface area contributed by atoms with Gasteiger partial charge in [-0.1, -0.05) is 17.7 Å². The van der Waals surface area contributed by atoms with Gasteiger partial charge in [0.15, 0.2) is 0 Å². The maximum Gasteiger partial charge on any atom is 0.129 e. The first-order chi connectivity index (χ1) is 8.08. The van der Waals surface area contributed by atoms with Crippen LogP contribution in [-0.2, 0) is 6.42 Å². The second-order valence-corrected chi connectivity index (χ2v) is 5.03. The van der Waals surface area contributed by atoms with Crippen molar-refractivity contribution in [3.63, 3.8) is 0 Å². The average molecular weight is 274 g/mol. The molecule has 1 aromatic heterocycles. The molecule has 1 heterocycles. The molecular weight excluding hydrogens is 264 g/mol. The first-order valence-electron chi connectivity index (χ1n) is 5.00. The normalized spacial score (nSPS) is 12.7. The molecule has 5 heteroatoms. The maximum absolute atomic E-state index is 13.4. The molecule has 0 radical (unpaired) electrons. The first-order valence-corrected chi connectivity index (χ1v) is 6.26. The second-order valence-electron chi connectivity index (χ2n) is 3.68. The van der Waals surface area contributed by atoms with Crippen molar-refractivity contribution < 1.29 is 8.78 Å². The van der Waals surface area contributed by atoms with Crippen molar-refractivity contribution in [3.05, 3.63) is 56.7 Å². The van der Waals surface area contributed by atoms with Gasteiger partial charge in [-0.15, -0.1) is 11.3 Å². The predicted octanol–water partition coefficient (Wildman–Crippen LogP) is 3.92. The Balaban J connectivity index is 2.19. The van der Waals surface area contributed by atoms with Crippen molar-refractivity contribution in [1.29, 1.82) is 0 Å². The highest BCUT2D eigenvalue weighted by molar-refractivity contribution is 7.10. The summed E-state index contributed by atoms with van der Waals surface area (Å²) in [6, 6.07) is 4.87. The zero-order valence-corrected chi connectivity index (χ0v) is 10.4. The molecule has 0 aliphatic rings. The van der Waals surface area contributed by atoms with Gasteiger partial charge in [-0.25, -0.2) is 8.78 Å². The van der Waals surface area contributed by atoms with Crippen LogP contribution in [0.2, 0.25) is 5.02 Å². The molecule has 2 rings (SSSR count). The maximum atomic E-state index is 13.4. The van der Waals surface area contributed by atoms with E-state index >= 15 is 0 Å². The Morgan fingerprint density at radius 2 is 2.06 bits per heavy atom. The minimum absolute atomic E-state index is 0.298. The summed E-state index contributed by atoms with van der Waals surface area (Å²) in [5.74, 6) is -1.16. The van der Waals surface area contributed by atoms with E-state index in [2.05, 4.69) is 0 Å². The number of hydrogen-bond acceptors (Lipinski definition) is 2. The molecule has 17 heavy (non-hydrogen) atoms. The van der Waals surface area contributed by atoms with Crippen LogP contribution in [0.1, 0.15) is 16.5 Å². The minimum Gasteiger partial charge on any atom is -0.323 e. The van der Waals surface area contributed by atoms with Gasteiger partial charge in [0.25, 0.3) is 0 Å². The molecule has 0 spiro atoms. The van der Waals surface area contributed by atoms with Crippen LogP contribution in [0, 0.1) is 11.6 Å². The smallest absolute Gasteiger partial charge is 0.129 e. The van der Waals surface area contributed by atoms with Crippen LogP contribution in [0.4, 0.5) is 8.78 Å². The topological polar surface area (TPSA) is 26.0 Å². The van der Waals surface area contributed by atoms with Crippen LogP contribution < -0.4 is 5.73 Å². The van der Waals surface area contributed by atoms with Gasteiger partial charge < -0.3 is 5.73 Å². The predicted molar refractivity (Wildman–Crippen MR) is 66.3 cm³/mol. The van der Waals surface area contributed by atoms with Crippen LogP contribution in [0.15, 0.2) is 29.6 Å². The van der Waals surface area contributed by atoms with Gasteiger partial charge >= 0.3 is 0 Å². The van der Waals surface area contributed by atoms with Gasteiger partial charge in [0.05, 0.1) is 5.02 Å². The lowest BCUT2D eigenvalue weighted by molar-refractivity contribution is 0.564. The van der Waals surface area contributed by atoms with Crippen molar-refractivity contribution in [1.82, 2.24) is 0 Å². The Kier molecular flexibility index (Phi) is 3.76. The molecule has 0 saturated heterocycles. The van der Waals surface area contributed by atoms with Gasteiger partial charge in [0, 0.05) is 17.0 Å². The molecule has 0 bridgehead atoms. The van der Waals surface area contributed by atoms with Crippen LogP contribution in [-0.4, -0.2) is 0 Å². The fourth-order valence-corrected chi connectivity index (χ4v) is 2.79. The third-order valence-corrected chi connectivity index (χ3v) is 3.93. The SMILES string of the molecule is NC(Cc1ccc(F)cc1F)c1sccc1Cl. The van der Waals surface area contributed by atoms with Crippen LogP contribution in [0.3, 0.4) is 0 Å². The third-order valence-electron chi connectivity index (χ3n) is 2.44. The molecule has 1 unspecified atom stereocenters. The van der Waals surface area contributed by atoms with Crippen molar-refractivity contribution in [2.75, 3.05) is 0 Å². The van der Waals surface area contributed by atoms with E-state index in [0.717, 1.165) is 10.9 Å². The van der Waals surface area contributed by atoms with E-state index in [0.29, 0.717) is 17.0 Å². The Morgan fingerprint density at radius 3 is 2.65 bits per heavy atom. The summed E-state index contributed by atoms with van der Waals surface area (Å²) < 4.78 is 26.2. The first kappa shape index (κ1) is 12.5. The van der Waals surface area contributed by atoms with Crippen molar-refractivity contribution in [2.45, 2.75) is 12.5 Å². The monoisotopic (exact) mass is 273 g/mol. The molecule has 1 nitrogen and oxygen atoms in total. The zero-order chi connectivity index (χ0) is 12.4. The molecule has 2 aromatic rings. The molecule has 0 fully saturated rings. The van der Waals surface area contributed by atoms with E-state index in [9.17, 15) is 8.78 Å². The van der Waals surface area contributed by atoms with Crippen molar-refractivity contribution in [2.24, 2.45) is 5.73 Å². The molecular formula is C12H10ClF2NS. The van der Waals surface area contributed by atoms with E-state index < -0.39 is 11.6 Å². The molecule has 0 aliphatic carbocycles. The standard InChI is InChI=1S/C12H10ClF2NS/c13-9-3-4-17-12(9)11(16)5-7-1-2-8(14)6-10(7)15/h1-4,6,11H,5,16H2.